The molecule has 0 radical (unpaired) electrons. The van der Waals surface area contributed by atoms with Crippen LogP contribution in [0.15, 0.2) is 0 Å². The van der Waals surface area contributed by atoms with Crippen molar-refractivity contribution in [3.63, 3.8) is 0 Å². The Hall–Kier alpha value is -1.67. The van der Waals surface area contributed by atoms with Crippen LogP contribution in [0.4, 0.5) is 5.82 Å². The number of aryl methyl sites for hydroxylation is 1. The number of hydrogen-bond donors (Lipinski definition) is 1. The van der Waals surface area contributed by atoms with Crippen LogP contribution in [-0.2, 0) is 12.8 Å². The number of likely N-dealkylation sites (tertiary alicyclic amines) is 1. The number of hydrogen-bond acceptors (Lipinski definition) is 5. The van der Waals surface area contributed by atoms with Crippen molar-refractivity contribution in [3.05, 3.63) is 16.8 Å². The highest BCUT2D eigenvalue weighted by molar-refractivity contribution is 5.56. The molecule has 5 heteroatoms. The van der Waals surface area contributed by atoms with Crippen LogP contribution in [0.2, 0.25) is 0 Å². The maximum Gasteiger partial charge on any atom is 0.166 e. The summed E-state index contributed by atoms with van der Waals surface area (Å²) >= 11 is 0. The summed E-state index contributed by atoms with van der Waals surface area (Å²) in [6.45, 7) is 9.39. The van der Waals surface area contributed by atoms with Gasteiger partial charge < -0.3 is 5.32 Å². The van der Waals surface area contributed by atoms with Crippen LogP contribution in [-0.4, -0.2) is 40.8 Å². The van der Waals surface area contributed by atoms with Gasteiger partial charge in [0.05, 0.1) is 5.69 Å². The van der Waals surface area contributed by atoms with E-state index in [2.05, 4.69) is 47.3 Å². The van der Waals surface area contributed by atoms with Gasteiger partial charge >= 0.3 is 0 Å². The Labute approximate surface area is 133 Å². The first kappa shape index (κ1) is 16.7. The second-order valence-electron chi connectivity index (χ2n) is 5.98. The Balaban J connectivity index is 2.02. The smallest absolute Gasteiger partial charge is 0.166 e. The van der Waals surface area contributed by atoms with E-state index in [9.17, 15) is 5.26 Å². The minimum atomic E-state index is 0.640. The van der Waals surface area contributed by atoms with E-state index in [1.54, 1.807) is 0 Å². The van der Waals surface area contributed by atoms with Gasteiger partial charge in [-0.1, -0.05) is 20.3 Å². The molecule has 0 amide bonds. The van der Waals surface area contributed by atoms with E-state index in [1.165, 1.54) is 25.8 Å². The molecule has 1 aliphatic rings. The Morgan fingerprint density at radius 3 is 2.73 bits per heavy atom. The van der Waals surface area contributed by atoms with Gasteiger partial charge in [-0.05, 0) is 44.7 Å². The molecule has 1 unspecified atom stereocenters. The highest BCUT2D eigenvalue weighted by Gasteiger charge is 2.18. The SMILES string of the molecule is CCc1nnc(NCCN2CCCCC2C)c(C#N)c1CC. The molecular weight excluding hydrogens is 274 g/mol. The molecule has 1 saturated heterocycles. The van der Waals surface area contributed by atoms with E-state index in [0.29, 0.717) is 17.4 Å². The van der Waals surface area contributed by atoms with E-state index in [0.717, 1.165) is 37.2 Å². The van der Waals surface area contributed by atoms with Crippen molar-refractivity contribution >= 4 is 5.82 Å². The minimum Gasteiger partial charge on any atom is -0.366 e. The van der Waals surface area contributed by atoms with E-state index in [1.807, 2.05) is 0 Å². The van der Waals surface area contributed by atoms with Crippen LogP contribution in [0.3, 0.4) is 0 Å². The van der Waals surface area contributed by atoms with Crippen molar-refractivity contribution < 1.29 is 0 Å². The molecule has 5 nitrogen and oxygen atoms in total. The minimum absolute atomic E-state index is 0.640. The van der Waals surface area contributed by atoms with Crippen LogP contribution in [0.1, 0.15) is 56.9 Å². The van der Waals surface area contributed by atoms with Crippen LogP contribution in [0, 0.1) is 11.3 Å². The highest BCUT2D eigenvalue weighted by atomic mass is 15.2. The Morgan fingerprint density at radius 1 is 1.27 bits per heavy atom. The van der Waals surface area contributed by atoms with Crippen LogP contribution >= 0.6 is 0 Å². The molecule has 0 aliphatic carbocycles. The number of nitriles is 1. The number of piperidine rings is 1. The van der Waals surface area contributed by atoms with Gasteiger partial charge in [0.15, 0.2) is 5.82 Å². The predicted molar refractivity (Wildman–Crippen MR) is 88.9 cm³/mol. The van der Waals surface area contributed by atoms with Crippen molar-refractivity contribution in [2.24, 2.45) is 0 Å². The van der Waals surface area contributed by atoms with Crippen molar-refractivity contribution in [1.82, 2.24) is 15.1 Å². The summed E-state index contributed by atoms with van der Waals surface area (Å²) in [5.41, 5.74) is 2.64. The zero-order valence-electron chi connectivity index (χ0n) is 14.0. The van der Waals surface area contributed by atoms with Gasteiger partial charge in [-0.15, -0.1) is 5.10 Å². The molecule has 1 N–H and O–H groups in total. The Bertz CT molecular complexity index is 535. The fourth-order valence-electron chi connectivity index (χ4n) is 3.22. The fraction of sp³-hybridized carbons (Fsp3) is 0.706. The maximum absolute atomic E-state index is 9.47. The highest BCUT2D eigenvalue weighted by Crippen LogP contribution is 2.20. The summed E-state index contributed by atoms with van der Waals surface area (Å²) in [7, 11) is 0. The lowest BCUT2D eigenvalue weighted by Gasteiger charge is -2.33. The van der Waals surface area contributed by atoms with Crippen molar-refractivity contribution in [3.8, 4) is 6.07 Å². The Morgan fingerprint density at radius 2 is 2.09 bits per heavy atom. The number of nitrogens with zero attached hydrogens (tertiary/aromatic N) is 4. The average Bonchev–Trinajstić information content (AvgIpc) is 2.55. The molecule has 1 aliphatic heterocycles. The monoisotopic (exact) mass is 301 g/mol. The zero-order valence-corrected chi connectivity index (χ0v) is 14.0. The lowest BCUT2D eigenvalue weighted by Crippen LogP contribution is -2.40. The van der Waals surface area contributed by atoms with E-state index in [4.69, 9.17) is 0 Å². The molecule has 0 aromatic carbocycles. The first-order chi connectivity index (χ1) is 10.7. The second-order valence-corrected chi connectivity index (χ2v) is 5.98. The molecule has 0 saturated carbocycles. The largest absolute Gasteiger partial charge is 0.366 e. The van der Waals surface area contributed by atoms with Gasteiger partial charge in [-0.3, -0.25) is 4.90 Å². The molecular formula is C17H27N5. The van der Waals surface area contributed by atoms with E-state index < -0.39 is 0 Å². The van der Waals surface area contributed by atoms with Crippen LogP contribution in [0.25, 0.3) is 0 Å². The molecule has 1 aromatic rings. The fourth-order valence-corrected chi connectivity index (χ4v) is 3.22. The van der Waals surface area contributed by atoms with Gasteiger partial charge in [0, 0.05) is 19.1 Å². The Kier molecular flexibility index (Phi) is 6.14. The standard InChI is InChI=1S/C17H27N5/c1-4-14-15(12-18)17(21-20-16(14)5-2)19-9-11-22-10-7-6-8-13(22)3/h13H,4-11H2,1-3H3,(H,19,21). The van der Waals surface area contributed by atoms with Gasteiger partial charge in [-0.25, -0.2) is 0 Å². The normalized spacial score (nSPS) is 18.9. The third kappa shape index (κ3) is 3.75. The first-order valence-corrected chi connectivity index (χ1v) is 8.47. The molecule has 22 heavy (non-hydrogen) atoms. The summed E-state index contributed by atoms with van der Waals surface area (Å²) in [5.74, 6) is 0.640. The summed E-state index contributed by atoms with van der Waals surface area (Å²) in [5, 5.41) is 21.3. The predicted octanol–water partition coefficient (Wildman–Crippen LogP) is 2.76. The van der Waals surface area contributed by atoms with Gasteiger partial charge in [-0.2, -0.15) is 10.4 Å². The molecule has 1 atom stereocenters. The maximum atomic E-state index is 9.47. The van der Waals surface area contributed by atoms with E-state index in [-0.39, 0.29) is 0 Å². The summed E-state index contributed by atoms with van der Waals surface area (Å²) in [6, 6.07) is 2.97. The van der Waals surface area contributed by atoms with Crippen molar-refractivity contribution in [2.45, 2.75) is 58.9 Å². The van der Waals surface area contributed by atoms with Gasteiger partial charge in [0.25, 0.3) is 0 Å². The van der Waals surface area contributed by atoms with E-state index >= 15 is 0 Å². The van der Waals surface area contributed by atoms with Crippen molar-refractivity contribution in [2.75, 3.05) is 25.0 Å². The van der Waals surface area contributed by atoms with Crippen LogP contribution < -0.4 is 5.32 Å². The second kappa shape index (κ2) is 8.09. The molecule has 2 rings (SSSR count). The summed E-state index contributed by atoms with van der Waals surface area (Å²) in [6.07, 6.45) is 5.55. The number of aromatic nitrogens is 2. The van der Waals surface area contributed by atoms with Gasteiger partial charge in [0.1, 0.15) is 11.6 Å². The quantitative estimate of drug-likeness (QED) is 0.875. The summed E-state index contributed by atoms with van der Waals surface area (Å²) < 4.78 is 0. The molecule has 120 valence electrons. The lowest BCUT2D eigenvalue weighted by molar-refractivity contribution is 0.167. The van der Waals surface area contributed by atoms with Gasteiger partial charge in [0.2, 0.25) is 0 Å². The summed E-state index contributed by atoms with van der Waals surface area (Å²) in [4.78, 5) is 2.51. The molecule has 1 aromatic heterocycles. The van der Waals surface area contributed by atoms with Crippen LogP contribution in [0.5, 0.6) is 0 Å². The average molecular weight is 301 g/mol. The lowest BCUT2D eigenvalue weighted by atomic mass is 10.0. The molecule has 0 bridgehead atoms. The molecule has 0 spiro atoms. The third-order valence-electron chi connectivity index (χ3n) is 4.59. The van der Waals surface area contributed by atoms with Crippen molar-refractivity contribution in [1.29, 1.82) is 5.26 Å². The first-order valence-electron chi connectivity index (χ1n) is 8.47. The zero-order chi connectivity index (χ0) is 15.9. The number of rotatable bonds is 6. The molecule has 2 heterocycles. The number of anilines is 1. The molecule has 1 fully saturated rings. The third-order valence-corrected chi connectivity index (χ3v) is 4.59. The topological polar surface area (TPSA) is 64.8 Å². The number of nitrogens with one attached hydrogen (secondary N) is 1.